The molecule has 0 heterocycles. The quantitative estimate of drug-likeness (QED) is 0.689. The fourth-order valence-electron chi connectivity index (χ4n) is 3.13. The lowest BCUT2D eigenvalue weighted by Crippen LogP contribution is -2.55. The molecule has 0 rings (SSSR count). The van der Waals surface area contributed by atoms with Crippen molar-refractivity contribution < 1.29 is 8.23 Å². The largest absolute Gasteiger partial charge is 0.437 e. The fraction of sp³-hybridized carbons (Fsp3) is 1.00. The van der Waals surface area contributed by atoms with Crippen LogP contribution < -0.4 is 5.73 Å². The van der Waals surface area contributed by atoms with Gasteiger partial charge in [-0.2, -0.15) is 0 Å². The van der Waals surface area contributed by atoms with Crippen molar-refractivity contribution in [3.05, 3.63) is 0 Å². The molecule has 0 aliphatic heterocycles. The minimum absolute atomic E-state index is 0.736. The van der Waals surface area contributed by atoms with Gasteiger partial charge in [-0.25, -0.2) is 0 Å². The van der Waals surface area contributed by atoms with Gasteiger partial charge in [-0.05, 0) is 64.0 Å². The van der Waals surface area contributed by atoms with E-state index in [1.54, 1.807) is 0 Å². The average molecular weight is 338 g/mol. The molecule has 0 bridgehead atoms. The third-order valence-electron chi connectivity index (χ3n) is 3.24. The SMILES string of the molecule is C[SiH](C)C(CCN)[Si](C)(C)O[Si](C)(C)O[Si](C)(C)C. The molecule has 2 N–H and O–H groups in total. The summed E-state index contributed by atoms with van der Waals surface area (Å²) in [6.07, 6.45) is 1.13. The van der Waals surface area contributed by atoms with E-state index in [0.717, 1.165) is 18.1 Å². The molecule has 0 fully saturated rings. The predicted molar refractivity (Wildman–Crippen MR) is 96.8 cm³/mol. The van der Waals surface area contributed by atoms with Crippen molar-refractivity contribution >= 4 is 34.0 Å². The van der Waals surface area contributed by atoms with Gasteiger partial charge in [0.05, 0.1) is 0 Å². The van der Waals surface area contributed by atoms with Crippen LogP contribution in [-0.2, 0) is 8.23 Å². The van der Waals surface area contributed by atoms with Crippen LogP contribution in [0, 0.1) is 0 Å². The van der Waals surface area contributed by atoms with Crippen molar-refractivity contribution in [2.24, 2.45) is 5.73 Å². The molecule has 1 atom stereocenters. The first-order valence-electron chi connectivity index (χ1n) is 7.41. The van der Waals surface area contributed by atoms with Crippen molar-refractivity contribution in [2.45, 2.75) is 70.5 Å². The van der Waals surface area contributed by atoms with Crippen LogP contribution in [0.5, 0.6) is 0 Å². The Morgan fingerprint density at radius 1 is 0.947 bits per heavy atom. The van der Waals surface area contributed by atoms with Gasteiger partial charge in [-0.15, -0.1) is 0 Å². The molecular formula is C12H35NO2Si4. The highest BCUT2D eigenvalue weighted by atomic mass is 28.5. The molecule has 0 radical (unpaired) electrons. The molecule has 0 aliphatic carbocycles. The summed E-state index contributed by atoms with van der Waals surface area (Å²) in [6.45, 7) is 21.5. The highest BCUT2D eigenvalue weighted by Crippen LogP contribution is 2.32. The molecule has 0 saturated heterocycles. The Bertz CT molecular complexity index is 277. The molecule has 1 unspecified atom stereocenters. The summed E-state index contributed by atoms with van der Waals surface area (Å²) in [4.78, 5) is 0. The summed E-state index contributed by atoms with van der Waals surface area (Å²) in [5, 5.41) is 0.745. The van der Waals surface area contributed by atoms with Crippen LogP contribution in [-0.4, -0.2) is 40.5 Å². The minimum Gasteiger partial charge on any atom is -0.437 e. The summed E-state index contributed by atoms with van der Waals surface area (Å²) in [6, 6.07) is 0. The van der Waals surface area contributed by atoms with Crippen molar-refractivity contribution in [2.75, 3.05) is 6.54 Å². The maximum absolute atomic E-state index is 6.65. The Balaban J connectivity index is 4.90. The summed E-state index contributed by atoms with van der Waals surface area (Å²) < 4.78 is 13.0. The maximum Gasteiger partial charge on any atom is 0.311 e. The second-order valence-electron chi connectivity index (χ2n) is 7.75. The molecule has 0 aliphatic rings. The number of rotatable bonds is 8. The van der Waals surface area contributed by atoms with Crippen molar-refractivity contribution in [1.82, 2.24) is 0 Å². The molecular weight excluding hydrogens is 302 g/mol. The lowest BCUT2D eigenvalue weighted by molar-refractivity contribution is 0.388. The van der Waals surface area contributed by atoms with Gasteiger partial charge in [-0.1, -0.05) is 13.1 Å². The molecule has 0 aromatic heterocycles. The van der Waals surface area contributed by atoms with Crippen molar-refractivity contribution in [3.8, 4) is 0 Å². The van der Waals surface area contributed by atoms with Crippen molar-refractivity contribution in [1.29, 1.82) is 0 Å². The summed E-state index contributed by atoms with van der Waals surface area (Å²) in [5.74, 6) is 0. The third kappa shape index (κ3) is 7.93. The summed E-state index contributed by atoms with van der Waals surface area (Å²) >= 11 is 0. The second-order valence-corrected chi connectivity index (χ2v) is 24.3. The highest BCUT2D eigenvalue weighted by molar-refractivity contribution is 6.92. The van der Waals surface area contributed by atoms with E-state index in [2.05, 4.69) is 58.9 Å². The average Bonchev–Trinajstić information content (AvgIpc) is 2.06. The molecule has 3 nitrogen and oxygen atoms in total. The molecule has 0 saturated carbocycles. The smallest absolute Gasteiger partial charge is 0.311 e. The van der Waals surface area contributed by atoms with Gasteiger partial charge in [0, 0.05) is 8.80 Å². The fourth-order valence-corrected chi connectivity index (χ4v) is 24.0. The second kappa shape index (κ2) is 7.15. The molecule has 7 heteroatoms. The minimum atomic E-state index is -2.01. The maximum atomic E-state index is 6.65. The lowest BCUT2D eigenvalue weighted by atomic mass is 10.5. The zero-order valence-corrected chi connectivity index (χ0v) is 18.6. The third-order valence-corrected chi connectivity index (χ3v) is 20.1. The number of nitrogens with two attached hydrogens (primary N) is 1. The molecule has 0 spiro atoms. The van der Waals surface area contributed by atoms with Gasteiger partial charge in [-0.3, -0.25) is 0 Å². The van der Waals surface area contributed by atoms with E-state index in [1.165, 1.54) is 0 Å². The first kappa shape index (κ1) is 19.7. The molecule has 19 heavy (non-hydrogen) atoms. The van der Waals surface area contributed by atoms with E-state index >= 15 is 0 Å². The zero-order valence-electron chi connectivity index (χ0n) is 14.5. The highest BCUT2D eigenvalue weighted by Gasteiger charge is 2.43. The van der Waals surface area contributed by atoms with Crippen molar-refractivity contribution in [3.63, 3.8) is 0 Å². The van der Waals surface area contributed by atoms with Gasteiger partial charge < -0.3 is 14.0 Å². The Labute approximate surface area is 125 Å². The normalized spacial score (nSPS) is 15.9. The zero-order chi connectivity index (χ0) is 15.5. The first-order valence-corrected chi connectivity index (χ1v) is 19.6. The van der Waals surface area contributed by atoms with Crippen LogP contribution in [0.3, 0.4) is 0 Å². The predicted octanol–water partition coefficient (Wildman–Crippen LogP) is 3.51. The number of hydrogen-bond donors (Lipinski definition) is 1. The monoisotopic (exact) mass is 337 g/mol. The van der Waals surface area contributed by atoms with Crippen LogP contribution in [0.2, 0.25) is 64.1 Å². The van der Waals surface area contributed by atoms with E-state index in [1.807, 2.05) is 0 Å². The van der Waals surface area contributed by atoms with E-state index in [-0.39, 0.29) is 0 Å². The lowest BCUT2D eigenvalue weighted by Gasteiger charge is -2.42. The van der Waals surface area contributed by atoms with E-state index < -0.39 is 34.0 Å². The van der Waals surface area contributed by atoms with Gasteiger partial charge in [0.15, 0.2) is 16.6 Å². The van der Waals surface area contributed by atoms with Crippen LogP contribution in [0.15, 0.2) is 0 Å². The summed E-state index contributed by atoms with van der Waals surface area (Å²) in [5.41, 5.74) is 5.81. The molecule has 0 aromatic carbocycles. The standard InChI is InChI=1S/C12H35NO2Si4/c1-16(2)12(10-11-13)18(6,7)15-19(8,9)14-17(3,4)5/h12,16H,10-11,13H2,1-9H3. The Kier molecular flexibility index (Phi) is 7.43. The number of hydrogen-bond acceptors (Lipinski definition) is 3. The Morgan fingerprint density at radius 3 is 1.74 bits per heavy atom. The first-order chi connectivity index (χ1) is 8.31. The van der Waals surface area contributed by atoms with Crippen LogP contribution in [0.4, 0.5) is 0 Å². The molecule has 0 amide bonds. The topological polar surface area (TPSA) is 44.5 Å². The molecule has 116 valence electrons. The van der Waals surface area contributed by atoms with Gasteiger partial charge in [0.25, 0.3) is 0 Å². The van der Waals surface area contributed by atoms with Crippen LogP contribution >= 0.6 is 0 Å². The van der Waals surface area contributed by atoms with Gasteiger partial charge in [0.2, 0.25) is 0 Å². The Hall–Kier alpha value is 0.748. The van der Waals surface area contributed by atoms with Crippen LogP contribution in [0.1, 0.15) is 6.42 Å². The van der Waals surface area contributed by atoms with Gasteiger partial charge >= 0.3 is 8.56 Å². The van der Waals surface area contributed by atoms with Crippen LogP contribution in [0.25, 0.3) is 0 Å². The van der Waals surface area contributed by atoms with E-state index in [9.17, 15) is 0 Å². The summed E-state index contributed by atoms with van der Waals surface area (Å²) in [7, 11) is -5.98. The van der Waals surface area contributed by atoms with Gasteiger partial charge in [0.1, 0.15) is 0 Å². The Morgan fingerprint density at radius 2 is 1.42 bits per heavy atom. The van der Waals surface area contributed by atoms with E-state index in [0.29, 0.717) is 0 Å². The van der Waals surface area contributed by atoms with E-state index in [4.69, 9.17) is 14.0 Å². The molecule has 0 aromatic rings.